The molecule has 2 aromatic rings. The molecule has 2 saturated heterocycles. The molecule has 10 nitrogen and oxygen atoms in total. The Bertz CT molecular complexity index is 1370. The molecule has 1 aromatic carbocycles. The first-order valence-electron chi connectivity index (χ1n) is 14.6. The maximum Gasteiger partial charge on any atom is 0.417 e. The van der Waals surface area contributed by atoms with Gasteiger partial charge in [-0.15, -0.1) is 11.8 Å². The maximum atomic E-state index is 14.0. The first-order chi connectivity index (χ1) is 20.4. The van der Waals surface area contributed by atoms with Gasteiger partial charge in [-0.3, -0.25) is 14.5 Å². The van der Waals surface area contributed by atoms with E-state index >= 15 is 0 Å². The summed E-state index contributed by atoms with van der Waals surface area (Å²) in [5, 5.41) is 25.7. The Balaban J connectivity index is 1.43. The molecule has 2 N–H and O–H groups in total. The molecule has 0 saturated carbocycles. The summed E-state index contributed by atoms with van der Waals surface area (Å²) >= 11 is 1.15. The Morgan fingerprint density at radius 1 is 1.14 bits per heavy atom. The Morgan fingerprint density at radius 2 is 1.91 bits per heavy atom. The highest BCUT2D eigenvalue weighted by Gasteiger charge is 2.35. The van der Waals surface area contributed by atoms with Crippen molar-refractivity contribution in [1.29, 1.82) is 0 Å². The van der Waals surface area contributed by atoms with Crippen molar-refractivity contribution >= 4 is 21.8 Å². The largest absolute Gasteiger partial charge is 0.417 e. The predicted octanol–water partition coefficient (Wildman–Crippen LogP) is 2.13. The van der Waals surface area contributed by atoms with Gasteiger partial charge in [0.05, 0.1) is 49.5 Å². The zero-order chi connectivity index (χ0) is 30.8. The lowest BCUT2D eigenvalue weighted by Gasteiger charge is -2.31. The number of thioether (sulfide) groups is 1. The van der Waals surface area contributed by atoms with Crippen molar-refractivity contribution in [3.8, 4) is 11.3 Å². The van der Waals surface area contributed by atoms with E-state index in [0.717, 1.165) is 62.3 Å². The Morgan fingerprint density at radius 3 is 2.60 bits per heavy atom. The molecular weight excluding hydrogens is 607 g/mol. The molecular formula is C28H40F3N5O5S2. The second-order valence-electron chi connectivity index (χ2n) is 11.5. The first-order valence-corrected chi connectivity index (χ1v) is 17.5. The molecule has 2 atom stereocenters. The number of aliphatic hydroxyl groups is 2. The summed E-state index contributed by atoms with van der Waals surface area (Å²) in [6.07, 6.45) is -2.66. The molecule has 0 amide bonds. The van der Waals surface area contributed by atoms with Crippen LogP contribution in [0.3, 0.4) is 0 Å². The van der Waals surface area contributed by atoms with Gasteiger partial charge in [0.25, 0.3) is 0 Å². The monoisotopic (exact) mass is 647 g/mol. The number of morpholine rings is 1. The fourth-order valence-electron chi connectivity index (χ4n) is 6.02. The average molecular weight is 648 g/mol. The van der Waals surface area contributed by atoms with Crippen LogP contribution >= 0.6 is 11.8 Å². The third kappa shape index (κ3) is 8.31. The molecule has 0 radical (unpaired) electrons. The SMILES string of the molecule is CS(=O)(=O)N1CCc2c(c(-c3ccc(C(F)(F)F)c(SCCN4CCOCC4)c3)nn2CC(O)CN2CCC[C@@H](O)C2)C1. The smallest absolute Gasteiger partial charge is 0.392 e. The van der Waals surface area contributed by atoms with Crippen molar-refractivity contribution in [2.75, 3.05) is 71.0 Å². The molecule has 4 heterocycles. The molecule has 240 valence electrons. The van der Waals surface area contributed by atoms with E-state index in [9.17, 15) is 31.8 Å². The number of likely N-dealkylation sites (tertiary alicyclic amines) is 1. The number of piperidine rings is 1. The van der Waals surface area contributed by atoms with Crippen LogP contribution < -0.4 is 0 Å². The summed E-state index contributed by atoms with van der Waals surface area (Å²) in [6.45, 7) is 5.42. The molecule has 3 aliphatic heterocycles. The minimum Gasteiger partial charge on any atom is -0.392 e. The van der Waals surface area contributed by atoms with Crippen molar-refractivity contribution < 1.29 is 36.5 Å². The van der Waals surface area contributed by atoms with Crippen LogP contribution in [0, 0.1) is 0 Å². The number of ether oxygens (including phenoxy) is 1. The van der Waals surface area contributed by atoms with Crippen molar-refractivity contribution in [2.45, 2.75) is 55.6 Å². The molecule has 1 aromatic heterocycles. The summed E-state index contributed by atoms with van der Waals surface area (Å²) < 4.78 is 75.2. The molecule has 0 aliphatic carbocycles. The Hall–Kier alpha value is -1.72. The maximum absolute atomic E-state index is 14.0. The summed E-state index contributed by atoms with van der Waals surface area (Å²) in [5.41, 5.74) is 1.59. The number of alkyl halides is 3. The number of nitrogens with zero attached hydrogens (tertiary/aromatic N) is 5. The van der Waals surface area contributed by atoms with Crippen LogP contribution in [0.5, 0.6) is 0 Å². The van der Waals surface area contributed by atoms with E-state index < -0.39 is 34.0 Å². The van der Waals surface area contributed by atoms with Crippen LogP contribution in [-0.4, -0.2) is 126 Å². The number of β-amino-alcohol motifs (C(OH)–C–C–N with tert-alkyl or cyclic N) is 2. The van der Waals surface area contributed by atoms with Gasteiger partial charge in [-0.05, 0) is 31.5 Å². The number of sulfonamides is 1. The number of benzene rings is 1. The molecule has 0 spiro atoms. The summed E-state index contributed by atoms with van der Waals surface area (Å²) in [6, 6.07) is 3.98. The molecule has 43 heavy (non-hydrogen) atoms. The van der Waals surface area contributed by atoms with E-state index in [1.54, 1.807) is 4.68 Å². The van der Waals surface area contributed by atoms with Crippen LogP contribution in [0.25, 0.3) is 11.3 Å². The van der Waals surface area contributed by atoms with Gasteiger partial charge >= 0.3 is 6.18 Å². The summed E-state index contributed by atoms with van der Waals surface area (Å²) in [7, 11) is -3.51. The van der Waals surface area contributed by atoms with Crippen LogP contribution in [-0.2, 0) is 40.4 Å². The minimum atomic E-state index is -4.53. The normalized spacial score (nSPS) is 22.0. The van der Waals surface area contributed by atoms with Gasteiger partial charge in [0.2, 0.25) is 10.0 Å². The number of hydrogen-bond acceptors (Lipinski definition) is 9. The average Bonchev–Trinajstić information content (AvgIpc) is 3.30. The van der Waals surface area contributed by atoms with Gasteiger partial charge in [-0.25, -0.2) is 8.42 Å². The highest BCUT2D eigenvalue weighted by molar-refractivity contribution is 7.99. The summed E-state index contributed by atoms with van der Waals surface area (Å²) in [5.74, 6) is 0.471. The second kappa shape index (κ2) is 13.7. The van der Waals surface area contributed by atoms with Crippen LogP contribution in [0.1, 0.15) is 29.7 Å². The van der Waals surface area contributed by atoms with E-state index in [1.165, 1.54) is 16.4 Å². The molecule has 2 fully saturated rings. The third-order valence-electron chi connectivity index (χ3n) is 8.23. The zero-order valence-corrected chi connectivity index (χ0v) is 25.9. The van der Waals surface area contributed by atoms with Gasteiger partial charge in [-0.2, -0.15) is 22.6 Å². The number of aromatic nitrogens is 2. The fourth-order valence-corrected chi connectivity index (χ4v) is 7.92. The standard InChI is InChI=1S/C28H40F3N5O5S2/c1-43(39,40)35-8-6-25-23(19-35)27(32-36(25)18-22(38)17-34-7-2-3-21(37)16-34)20-4-5-24(28(29,30)31)26(15-20)42-14-11-33-9-12-41-13-10-33/h4-5,15,21-22,37-38H,2-3,6-14,16-19H2,1H3/t21-,22?/m1/s1. The lowest BCUT2D eigenvalue weighted by molar-refractivity contribution is -0.139. The lowest BCUT2D eigenvalue weighted by atomic mass is 10.0. The van der Waals surface area contributed by atoms with E-state index in [1.807, 2.05) is 4.90 Å². The predicted molar refractivity (Wildman–Crippen MR) is 157 cm³/mol. The Labute approximate surface area is 254 Å². The quantitative estimate of drug-likeness (QED) is 0.375. The van der Waals surface area contributed by atoms with E-state index in [-0.39, 0.29) is 24.5 Å². The molecule has 0 bridgehead atoms. The van der Waals surface area contributed by atoms with Crippen LogP contribution in [0.2, 0.25) is 0 Å². The van der Waals surface area contributed by atoms with Crippen molar-refractivity contribution in [2.24, 2.45) is 0 Å². The van der Waals surface area contributed by atoms with Crippen LogP contribution in [0.15, 0.2) is 23.1 Å². The number of aliphatic hydroxyl groups excluding tert-OH is 2. The van der Waals surface area contributed by atoms with Crippen molar-refractivity contribution in [1.82, 2.24) is 23.9 Å². The highest BCUT2D eigenvalue weighted by atomic mass is 32.2. The van der Waals surface area contributed by atoms with Gasteiger partial charge in [0.1, 0.15) is 0 Å². The number of halogens is 3. The second-order valence-corrected chi connectivity index (χ2v) is 14.6. The number of hydrogen-bond donors (Lipinski definition) is 2. The third-order valence-corrected chi connectivity index (χ3v) is 10.5. The molecule has 15 heteroatoms. The van der Waals surface area contributed by atoms with Crippen molar-refractivity contribution in [3.05, 3.63) is 35.0 Å². The van der Waals surface area contributed by atoms with Gasteiger partial charge in [-0.1, -0.05) is 6.07 Å². The van der Waals surface area contributed by atoms with E-state index in [2.05, 4.69) is 4.90 Å². The summed E-state index contributed by atoms with van der Waals surface area (Å²) in [4.78, 5) is 4.28. The zero-order valence-electron chi connectivity index (χ0n) is 24.3. The Kier molecular flexibility index (Phi) is 10.4. The van der Waals surface area contributed by atoms with E-state index in [4.69, 9.17) is 9.84 Å². The van der Waals surface area contributed by atoms with Gasteiger partial charge < -0.3 is 14.9 Å². The number of fused-ring (bicyclic) bond motifs is 1. The molecule has 5 rings (SSSR count). The van der Waals surface area contributed by atoms with Gasteiger partial charge in [0.15, 0.2) is 0 Å². The van der Waals surface area contributed by atoms with Crippen molar-refractivity contribution in [3.63, 3.8) is 0 Å². The van der Waals surface area contributed by atoms with Crippen LogP contribution in [0.4, 0.5) is 13.2 Å². The first kappa shape index (κ1) is 32.7. The van der Waals surface area contributed by atoms with Gasteiger partial charge in [0, 0.05) is 79.7 Å². The number of rotatable bonds is 10. The minimum absolute atomic E-state index is 0.0540. The highest BCUT2D eigenvalue weighted by Crippen LogP contribution is 2.40. The molecule has 1 unspecified atom stereocenters. The fraction of sp³-hybridized carbons (Fsp3) is 0.679. The van der Waals surface area contributed by atoms with E-state index in [0.29, 0.717) is 61.8 Å². The topological polar surface area (TPSA) is 111 Å². The lowest BCUT2D eigenvalue weighted by Crippen LogP contribution is -2.43. The molecule has 3 aliphatic rings.